The molecule has 0 unspecified atom stereocenters. The molecule has 0 spiro atoms. The first-order valence-corrected chi connectivity index (χ1v) is 10.4. The van der Waals surface area contributed by atoms with Crippen molar-refractivity contribution in [1.29, 1.82) is 0 Å². The molecule has 0 N–H and O–H groups in total. The fraction of sp³-hybridized carbons (Fsp3) is 0.294. The van der Waals surface area contributed by atoms with Gasteiger partial charge in [0.1, 0.15) is 0 Å². The van der Waals surface area contributed by atoms with Gasteiger partial charge in [0, 0.05) is 30.8 Å². The van der Waals surface area contributed by atoms with Crippen LogP contribution in [0.2, 0.25) is 0 Å². The number of carbonyl (C=O) groups excluding carboxylic acids is 1. The number of Topliss-reactive ketones (excluding diaryl/α,β-unsaturated/α-hetero) is 1. The third-order valence-electron chi connectivity index (χ3n) is 4.02. The smallest absolute Gasteiger partial charge is 0.251 e. The van der Waals surface area contributed by atoms with Crippen LogP contribution in [0.4, 0.5) is 0 Å². The van der Waals surface area contributed by atoms with Gasteiger partial charge in [-0.3, -0.25) is 4.79 Å². The predicted octanol–water partition coefficient (Wildman–Crippen LogP) is 2.08. The molecular formula is C17H18N2O4S2. The van der Waals surface area contributed by atoms with Crippen molar-refractivity contribution in [2.24, 2.45) is 0 Å². The molecule has 25 heavy (non-hydrogen) atoms. The maximum Gasteiger partial charge on any atom is 0.251 e. The molecule has 0 aliphatic carbocycles. The van der Waals surface area contributed by atoms with E-state index in [1.807, 2.05) is 0 Å². The summed E-state index contributed by atoms with van der Waals surface area (Å²) in [6.07, 6.45) is 3.14. The number of carbonyl (C=O) groups is 1. The Morgan fingerprint density at radius 3 is 2.44 bits per heavy atom. The molecule has 0 atom stereocenters. The fourth-order valence-electron chi connectivity index (χ4n) is 2.64. The second-order valence-electron chi connectivity index (χ2n) is 5.71. The molecular weight excluding hydrogens is 360 g/mol. The number of pyridine rings is 1. The first-order chi connectivity index (χ1) is 12.0. The van der Waals surface area contributed by atoms with Crippen LogP contribution in [0.3, 0.4) is 0 Å². The Kier molecular flexibility index (Phi) is 5.41. The normalized spacial score (nSPS) is 15.4. The lowest BCUT2D eigenvalue weighted by Crippen LogP contribution is -2.28. The number of aromatic nitrogens is 1. The highest BCUT2D eigenvalue weighted by molar-refractivity contribution is 7.99. The Morgan fingerprint density at radius 2 is 1.80 bits per heavy atom. The van der Waals surface area contributed by atoms with Crippen molar-refractivity contribution in [1.82, 2.24) is 4.31 Å². The third-order valence-corrected chi connectivity index (χ3v) is 6.95. The number of thioether (sulfide) groups is 1. The minimum Gasteiger partial charge on any atom is -0.618 e. The summed E-state index contributed by atoms with van der Waals surface area (Å²) in [5.41, 5.74) is 0.432. The van der Waals surface area contributed by atoms with E-state index in [1.165, 1.54) is 34.8 Å². The van der Waals surface area contributed by atoms with Crippen LogP contribution in [0.1, 0.15) is 23.2 Å². The summed E-state index contributed by atoms with van der Waals surface area (Å²) < 4.78 is 27.1. The Hall–Kier alpha value is -1.90. The second-order valence-corrected chi connectivity index (χ2v) is 8.65. The maximum atomic E-state index is 12.5. The molecule has 2 heterocycles. The minimum absolute atomic E-state index is 0.116. The monoisotopic (exact) mass is 378 g/mol. The minimum atomic E-state index is -3.47. The van der Waals surface area contributed by atoms with Crippen molar-refractivity contribution in [3.63, 3.8) is 0 Å². The van der Waals surface area contributed by atoms with Gasteiger partial charge in [0.2, 0.25) is 10.0 Å². The molecule has 8 heteroatoms. The van der Waals surface area contributed by atoms with E-state index in [9.17, 15) is 18.4 Å². The summed E-state index contributed by atoms with van der Waals surface area (Å²) >= 11 is 1.15. The predicted molar refractivity (Wildman–Crippen MR) is 94.9 cm³/mol. The van der Waals surface area contributed by atoms with E-state index in [4.69, 9.17) is 0 Å². The van der Waals surface area contributed by atoms with E-state index in [-0.39, 0.29) is 16.4 Å². The zero-order valence-corrected chi connectivity index (χ0v) is 15.1. The molecule has 6 nitrogen and oxygen atoms in total. The summed E-state index contributed by atoms with van der Waals surface area (Å²) in [5.74, 6) is -0.0382. The molecule has 0 amide bonds. The Labute approximate surface area is 151 Å². The average Bonchev–Trinajstić information content (AvgIpc) is 3.16. The summed E-state index contributed by atoms with van der Waals surface area (Å²) in [6, 6.07) is 11.0. The lowest BCUT2D eigenvalue weighted by atomic mass is 10.1. The molecule has 0 bridgehead atoms. The van der Waals surface area contributed by atoms with E-state index in [0.717, 1.165) is 24.6 Å². The van der Waals surface area contributed by atoms with Crippen LogP contribution in [0.5, 0.6) is 0 Å². The molecule has 1 aliphatic heterocycles. The molecule has 1 aromatic carbocycles. The van der Waals surface area contributed by atoms with Gasteiger partial charge in [0.15, 0.2) is 12.0 Å². The highest BCUT2D eigenvalue weighted by Gasteiger charge is 2.27. The zero-order valence-electron chi connectivity index (χ0n) is 13.5. The highest BCUT2D eigenvalue weighted by Crippen LogP contribution is 2.22. The van der Waals surface area contributed by atoms with Gasteiger partial charge in [-0.1, -0.05) is 12.1 Å². The highest BCUT2D eigenvalue weighted by atomic mass is 32.2. The Morgan fingerprint density at radius 1 is 1.12 bits per heavy atom. The van der Waals surface area contributed by atoms with Crippen LogP contribution in [-0.4, -0.2) is 37.3 Å². The fourth-order valence-corrected chi connectivity index (χ4v) is 4.96. The van der Waals surface area contributed by atoms with Gasteiger partial charge >= 0.3 is 0 Å². The molecule has 1 fully saturated rings. The number of sulfonamides is 1. The molecule has 1 aliphatic rings. The van der Waals surface area contributed by atoms with Gasteiger partial charge in [-0.25, -0.2) is 8.42 Å². The molecule has 2 aromatic rings. The largest absolute Gasteiger partial charge is 0.618 e. The van der Waals surface area contributed by atoms with Gasteiger partial charge in [0.25, 0.3) is 5.03 Å². The van der Waals surface area contributed by atoms with Crippen LogP contribution < -0.4 is 4.73 Å². The van der Waals surface area contributed by atoms with Gasteiger partial charge in [-0.05, 0) is 42.8 Å². The van der Waals surface area contributed by atoms with Crippen molar-refractivity contribution in [3.8, 4) is 0 Å². The zero-order chi connectivity index (χ0) is 17.9. The first-order valence-electron chi connectivity index (χ1n) is 7.93. The van der Waals surface area contributed by atoms with E-state index >= 15 is 0 Å². The molecule has 3 rings (SSSR count). The molecule has 0 saturated carbocycles. The van der Waals surface area contributed by atoms with Crippen LogP contribution in [0.15, 0.2) is 58.6 Å². The van der Waals surface area contributed by atoms with Crippen molar-refractivity contribution >= 4 is 27.6 Å². The topological polar surface area (TPSA) is 81.4 Å². The summed E-state index contributed by atoms with van der Waals surface area (Å²) in [6.45, 7) is 1.10. The molecule has 1 aromatic heterocycles. The number of ketones is 1. The van der Waals surface area contributed by atoms with Crippen LogP contribution >= 0.6 is 11.8 Å². The second kappa shape index (κ2) is 7.55. The third kappa shape index (κ3) is 4.02. The number of rotatable bonds is 6. The van der Waals surface area contributed by atoms with Gasteiger partial charge < -0.3 is 5.21 Å². The lowest BCUT2D eigenvalue weighted by molar-refractivity contribution is -0.645. The van der Waals surface area contributed by atoms with Crippen LogP contribution in [-0.2, 0) is 10.0 Å². The van der Waals surface area contributed by atoms with Crippen LogP contribution in [0.25, 0.3) is 0 Å². The molecule has 132 valence electrons. The Bertz CT molecular complexity index is 860. The number of benzene rings is 1. The molecule has 0 radical (unpaired) electrons. The van der Waals surface area contributed by atoms with Gasteiger partial charge in [0.05, 0.1) is 10.6 Å². The number of hydrogen-bond acceptors (Lipinski definition) is 5. The summed E-state index contributed by atoms with van der Waals surface area (Å²) in [5, 5.41) is 12.0. The first kappa shape index (κ1) is 17.9. The van der Waals surface area contributed by atoms with E-state index in [1.54, 1.807) is 18.2 Å². The van der Waals surface area contributed by atoms with Gasteiger partial charge in [-0.2, -0.15) is 9.04 Å². The molecule has 1 saturated heterocycles. The lowest BCUT2D eigenvalue weighted by Gasteiger charge is -2.15. The van der Waals surface area contributed by atoms with Crippen molar-refractivity contribution < 1.29 is 17.9 Å². The van der Waals surface area contributed by atoms with Crippen LogP contribution in [0, 0.1) is 5.21 Å². The number of nitrogens with zero attached hydrogens (tertiary/aromatic N) is 2. The van der Waals surface area contributed by atoms with E-state index in [2.05, 4.69) is 0 Å². The SMILES string of the molecule is O=C(CSc1cccc[n+]1[O-])c1ccc(S(=O)(=O)N2CCCC2)cc1. The van der Waals surface area contributed by atoms with E-state index in [0.29, 0.717) is 28.4 Å². The van der Waals surface area contributed by atoms with Crippen molar-refractivity contribution in [3.05, 3.63) is 59.4 Å². The van der Waals surface area contributed by atoms with Crippen molar-refractivity contribution in [2.75, 3.05) is 18.8 Å². The quantitative estimate of drug-likeness (QED) is 0.333. The standard InChI is InChI=1S/C17H18N2O4S2/c20-16(13-24-17-5-1-2-12-19(17)21)14-6-8-15(9-7-14)25(22,23)18-10-3-4-11-18/h1-2,5-9,12H,3-4,10-11,13H2. The number of hydrogen-bond donors (Lipinski definition) is 0. The maximum absolute atomic E-state index is 12.5. The Balaban J connectivity index is 1.67. The summed E-state index contributed by atoms with van der Waals surface area (Å²) in [7, 11) is -3.47. The van der Waals surface area contributed by atoms with E-state index < -0.39 is 10.0 Å². The average molecular weight is 378 g/mol. The van der Waals surface area contributed by atoms with Gasteiger partial charge in [-0.15, -0.1) is 0 Å². The van der Waals surface area contributed by atoms with Crippen molar-refractivity contribution in [2.45, 2.75) is 22.8 Å². The summed E-state index contributed by atoms with van der Waals surface area (Å²) in [4.78, 5) is 12.5.